The van der Waals surface area contributed by atoms with Crippen LogP contribution in [-0.4, -0.2) is 25.7 Å². The zero-order chi connectivity index (χ0) is 33.3. The maximum absolute atomic E-state index is 12.4. The third-order valence-corrected chi connectivity index (χ3v) is 9.94. The maximum atomic E-state index is 12.4. The Morgan fingerprint density at radius 3 is 1.83 bits per heavy atom. The number of hydrogen-bond acceptors (Lipinski definition) is 5. The van der Waals surface area contributed by atoms with Crippen LogP contribution in [0.15, 0.2) is 103 Å². The van der Waals surface area contributed by atoms with Crippen molar-refractivity contribution in [2.45, 2.75) is 71.1 Å². The molecule has 0 radical (unpaired) electrons. The molecule has 0 aliphatic heterocycles. The molecule has 246 valence electrons. The fourth-order valence-electron chi connectivity index (χ4n) is 7.35. The van der Waals surface area contributed by atoms with Crippen LogP contribution in [0.5, 0.6) is 11.5 Å². The number of rotatable bonds is 11. The van der Waals surface area contributed by atoms with Crippen molar-refractivity contribution in [1.82, 2.24) is 0 Å². The molecular weight excluding hydrogens is 584 g/mol. The second-order valence-corrected chi connectivity index (χ2v) is 13.3. The van der Waals surface area contributed by atoms with Gasteiger partial charge in [0.15, 0.2) is 0 Å². The number of carbonyl (C=O) groups excluding carboxylic acids is 2. The predicted octanol–water partition coefficient (Wildman–Crippen LogP) is 10.3. The van der Waals surface area contributed by atoms with Crippen LogP contribution in [0.1, 0.15) is 76.7 Å². The highest BCUT2D eigenvalue weighted by atomic mass is 16.5. The van der Waals surface area contributed by atoms with E-state index in [4.69, 9.17) is 14.2 Å². The molecule has 0 spiro atoms. The number of esters is 2. The van der Waals surface area contributed by atoms with E-state index in [0.29, 0.717) is 23.0 Å². The Hall–Kier alpha value is -4.22. The van der Waals surface area contributed by atoms with Gasteiger partial charge in [-0.15, -0.1) is 0 Å². The van der Waals surface area contributed by atoms with Crippen LogP contribution in [0.25, 0.3) is 22.3 Å². The van der Waals surface area contributed by atoms with Crippen molar-refractivity contribution >= 4 is 11.9 Å². The van der Waals surface area contributed by atoms with Crippen molar-refractivity contribution in [3.05, 3.63) is 109 Å². The minimum Gasteiger partial charge on any atom is -0.423 e. The minimum absolute atomic E-state index is 0.132. The average Bonchev–Trinajstić information content (AvgIpc) is 3.09. The lowest BCUT2D eigenvalue weighted by molar-refractivity contribution is -0.131. The van der Waals surface area contributed by atoms with Crippen molar-refractivity contribution in [3.63, 3.8) is 0 Å². The van der Waals surface area contributed by atoms with Crippen molar-refractivity contribution in [1.29, 1.82) is 0 Å². The molecule has 0 bridgehead atoms. The van der Waals surface area contributed by atoms with E-state index in [0.717, 1.165) is 47.3 Å². The van der Waals surface area contributed by atoms with Crippen molar-refractivity contribution in [2.24, 2.45) is 17.8 Å². The number of carbonyl (C=O) groups is 2. The van der Waals surface area contributed by atoms with Crippen LogP contribution in [0.3, 0.4) is 0 Å². The predicted molar refractivity (Wildman–Crippen MR) is 189 cm³/mol. The summed E-state index contributed by atoms with van der Waals surface area (Å²) in [6.45, 7) is 11.4. The first-order chi connectivity index (χ1) is 22.7. The van der Waals surface area contributed by atoms with Gasteiger partial charge < -0.3 is 14.2 Å². The molecule has 0 atom stereocenters. The summed E-state index contributed by atoms with van der Waals surface area (Å²) in [7, 11) is 1.51. The second-order valence-electron chi connectivity index (χ2n) is 13.3. The Kier molecular flexibility index (Phi) is 11.7. The molecule has 0 amide bonds. The summed E-state index contributed by atoms with van der Waals surface area (Å²) in [5.74, 6) is 2.98. The van der Waals surface area contributed by atoms with Crippen molar-refractivity contribution in [3.8, 4) is 33.8 Å². The van der Waals surface area contributed by atoms with Gasteiger partial charge in [-0.05, 0) is 141 Å². The molecule has 2 aliphatic carbocycles. The van der Waals surface area contributed by atoms with Gasteiger partial charge in [0.05, 0.1) is 12.2 Å². The molecule has 5 heteroatoms. The number of hydrogen-bond donors (Lipinski definition) is 0. The van der Waals surface area contributed by atoms with Crippen LogP contribution >= 0.6 is 0 Å². The highest BCUT2D eigenvalue weighted by Gasteiger charge is 2.32. The molecule has 0 heterocycles. The van der Waals surface area contributed by atoms with E-state index in [1.807, 2.05) is 18.2 Å². The molecule has 3 aromatic rings. The van der Waals surface area contributed by atoms with E-state index in [2.05, 4.69) is 68.6 Å². The normalized spacial score (nSPS) is 21.3. The zero-order valence-electron chi connectivity index (χ0n) is 28.1. The fourth-order valence-corrected chi connectivity index (χ4v) is 7.35. The van der Waals surface area contributed by atoms with Gasteiger partial charge in [-0.25, -0.2) is 9.59 Å². The van der Waals surface area contributed by atoms with Crippen molar-refractivity contribution in [2.75, 3.05) is 13.7 Å². The molecule has 0 aromatic heterocycles. The van der Waals surface area contributed by atoms with Gasteiger partial charge in [0, 0.05) is 12.7 Å². The first-order valence-electron chi connectivity index (χ1n) is 17.0. The molecule has 2 aliphatic rings. The van der Waals surface area contributed by atoms with E-state index in [-0.39, 0.29) is 12.2 Å². The lowest BCUT2D eigenvalue weighted by Crippen LogP contribution is -2.25. The molecule has 5 nitrogen and oxygen atoms in total. The summed E-state index contributed by atoms with van der Waals surface area (Å²) < 4.78 is 16.1. The fraction of sp³-hybridized carbons (Fsp3) is 0.381. The van der Waals surface area contributed by atoms with Crippen LogP contribution in [0, 0.1) is 17.8 Å². The van der Waals surface area contributed by atoms with E-state index in [9.17, 15) is 9.59 Å². The highest BCUT2D eigenvalue weighted by Crippen LogP contribution is 2.46. The summed E-state index contributed by atoms with van der Waals surface area (Å²) in [5.41, 5.74) is 6.30. The highest BCUT2D eigenvalue weighted by molar-refractivity contribution is 5.90. The van der Waals surface area contributed by atoms with E-state index < -0.39 is 11.9 Å². The quantitative estimate of drug-likeness (QED) is 0.0911. The van der Waals surface area contributed by atoms with Gasteiger partial charge in [-0.2, -0.15) is 0 Å². The molecule has 47 heavy (non-hydrogen) atoms. The first kappa shape index (κ1) is 34.1. The smallest absolute Gasteiger partial charge is 0.341 e. The summed E-state index contributed by atoms with van der Waals surface area (Å²) in [5, 5.41) is 0. The van der Waals surface area contributed by atoms with Crippen LogP contribution < -0.4 is 9.47 Å². The van der Waals surface area contributed by atoms with Crippen LogP contribution in [0.4, 0.5) is 0 Å². The summed E-state index contributed by atoms with van der Waals surface area (Å²) >= 11 is 0. The third-order valence-electron chi connectivity index (χ3n) is 9.94. The number of benzene rings is 3. The maximum Gasteiger partial charge on any atom is 0.341 e. The molecular formula is C42H48O5. The number of ether oxygens (including phenoxy) is 3. The number of allylic oxidation sites excluding steroid dienone is 2. The lowest BCUT2D eigenvalue weighted by Gasteiger charge is -2.38. The molecule has 0 N–H and O–H groups in total. The Morgan fingerprint density at radius 1 is 0.723 bits per heavy atom. The van der Waals surface area contributed by atoms with Crippen LogP contribution in [-0.2, 0) is 14.3 Å². The third kappa shape index (κ3) is 8.78. The van der Waals surface area contributed by atoms with Gasteiger partial charge in [0.1, 0.15) is 11.5 Å². The Labute approximate surface area is 280 Å². The molecule has 3 aromatic carbocycles. The molecule has 0 unspecified atom stereocenters. The van der Waals surface area contributed by atoms with Gasteiger partial charge in [0.2, 0.25) is 0 Å². The average molecular weight is 633 g/mol. The van der Waals surface area contributed by atoms with E-state index in [1.165, 1.54) is 56.8 Å². The summed E-state index contributed by atoms with van der Waals surface area (Å²) in [6.07, 6.45) is 14.8. The topological polar surface area (TPSA) is 61.8 Å². The van der Waals surface area contributed by atoms with Gasteiger partial charge in [0.25, 0.3) is 0 Å². The van der Waals surface area contributed by atoms with Crippen LogP contribution in [0.2, 0.25) is 0 Å². The Bertz CT molecular complexity index is 1580. The van der Waals surface area contributed by atoms with Crippen molar-refractivity contribution < 1.29 is 23.8 Å². The monoisotopic (exact) mass is 632 g/mol. The van der Waals surface area contributed by atoms with E-state index in [1.54, 1.807) is 19.1 Å². The summed E-state index contributed by atoms with van der Waals surface area (Å²) in [4.78, 5) is 24.5. The lowest BCUT2D eigenvalue weighted by atomic mass is 9.68. The molecule has 2 fully saturated rings. The summed E-state index contributed by atoms with van der Waals surface area (Å²) in [6, 6.07) is 22.1. The molecule has 0 saturated heterocycles. The second kappa shape index (κ2) is 16.1. The minimum atomic E-state index is -0.499. The largest absolute Gasteiger partial charge is 0.423 e. The zero-order valence-corrected chi connectivity index (χ0v) is 28.1. The van der Waals surface area contributed by atoms with Gasteiger partial charge in [-0.1, -0.05) is 67.8 Å². The number of methoxy groups -OCH3 is 1. The van der Waals surface area contributed by atoms with Gasteiger partial charge >= 0.3 is 11.9 Å². The van der Waals surface area contributed by atoms with Gasteiger partial charge in [-0.3, -0.25) is 0 Å². The molecule has 2 saturated carbocycles. The first-order valence-corrected chi connectivity index (χ1v) is 17.0. The standard InChI is InChI=1S/C42H48O5/c1-6-7-30-8-10-31(11-9-30)32-14-18-36(19-15-32)40-26-38(47-41(43)28(2)3)24-25-39(40)35-16-12-33(13-17-35)34-20-22-37(23-21-34)46-42(44)29(4)27-45-5/h6-7,12-13,16-17,20-26,30-32,36H,2,4,8-11,14-15,18-19,27H2,1,3,5H3/b7-6+. The Balaban J connectivity index is 1.31. The van der Waals surface area contributed by atoms with E-state index >= 15 is 0 Å². The molecule has 5 rings (SSSR count). The Morgan fingerprint density at radius 2 is 1.26 bits per heavy atom. The SMILES string of the molecule is C=C(C)C(=O)Oc1ccc(-c2ccc(-c3ccc(OC(=O)C(=C)COC)cc3)cc2)c(C2CCC(C3CCC(/C=C/C)CC3)CC2)c1.